The maximum atomic E-state index is 13.4. The Kier molecular flexibility index (Phi) is 4.69. The van der Waals surface area contributed by atoms with E-state index in [0.717, 1.165) is 29.7 Å². The van der Waals surface area contributed by atoms with Crippen LogP contribution in [0.4, 0.5) is 14.9 Å². The first-order valence-corrected chi connectivity index (χ1v) is 8.04. The van der Waals surface area contributed by atoms with Crippen LogP contribution in [-0.4, -0.2) is 13.1 Å². The van der Waals surface area contributed by atoms with Gasteiger partial charge in [0.1, 0.15) is 11.6 Å². The maximum absolute atomic E-state index is 13.4. The van der Waals surface area contributed by atoms with E-state index in [0.29, 0.717) is 11.6 Å². The molecular weight excluding hydrogens is 307 g/mol. The van der Waals surface area contributed by atoms with Gasteiger partial charge in [0.2, 0.25) is 0 Å². The molecule has 1 fully saturated rings. The Balaban J connectivity index is 1.71. The third kappa shape index (κ3) is 3.85. The van der Waals surface area contributed by atoms with Crippen LogP contribution in [-0.2, 0) is 0 Å². The van der Waals surface area contributed by atoms with Crippen LogP contribution in [0.15, 0.2) is 42.5 Å². The predicted molar refractivity (Wildman–Crippen MR) is 91.8 cm³/mol. The van der Waals surface area contributed by atoms with Crippen molar-refractivity contribution in [2.75, 3.05) is 12.4 Å². The zero-order valence-electron chi connectivity index (χ0n) is 13.8. The van der Waals surface area contributed by atoms with Crippen LogP contribution < -0.4 is 15.4 Å². The van der Waals surface area contributed by atoms with Crippen molar-refractivity contribution in [1.82, 2.24) is 5.32 Å². The quantitative estimate of drug-likeness (QED) is 0.854. The molecule has 1 saturated carbocycles. The van der Waals surface area contributed by atoms with Gasteiger partial charge in [-0.15, -0.1) is 0 Å². The molecule has 0 bridgehead atoms. The molecule has 2 amide bonds. The number of carbonyl (C=O) groups is 1. The van der Waals surface area contributed by atoms with Gasteiger partial charge in [0, 0.05) is 5.69 Å². The van der Waals surface area contributed by atoms with Crippen molar-refractivity contribution < 1.29 is 13.9 Å². The van der Waals surface area contributed by atoms with Gasteiger partial charge in [0.15, 0.2) is 0 Å². The first-order chi connectivity index (χ1) is 11.6. The van der Waals surface area contributed by atoms with E-state index < -0.39 is 0 Å². The van der Waals surface area contributed by atoms with Crippen molar-refractivity contribution in [2.24, 2.45) is 5.92 Å². The van der Waals surface area contributed by atoms with E-state index in [1.165, 1.54) is 12.1 Å². The van der Waals surface area contributed by atoms with Gasteiger partial charge in [-0.2, -0.15) is 0 Å². The number of halogens is 1. The monoisotopic (exact) mass is 328 g/mol. The molecule has 1 aliphatic rings. The lowest BCUT2D eigenvalue weighted by Crippen LogP contribution is -2.33. The normalized spacial score (nSPS) is 14.8. The summed E-state index contributed by atoms with van der Waals surface area (Å²) in [6.45, 7) is 1.83. The van der Waals surface area contributed by atoms with Crippen LogP contribution in [0.5, 0.6) is 5.75 Å². The molecule has 24 heavy (non-hydrogen) atoms. The third-order valence-corrected chi connectivity index (χ3v) is 4.30. The van der Waals surface area contributed by atoms with E-state index in [-0.39, 0.29) is 17.9 Å². The fraction of sp³-hybridized carbons (Fsp3) is 0.316. The number of nitrogens with one attached hydrogen (secondary N) is 2. The number of methoxy groups -OCH3 is 1. The molecule has 0 saturated heterocycles. The van der Waals surface area contributed by atoms with Crippen LogP contribution in [0.2, 0.25) is 0 Å². The van der Waals surface area contributed by atoms with Gasteiger partial charge in [-0.3, -0.25) is 0 Å². The Morgan fingerprint density at radius 2 is 1.92 bits per heavy atom. The summed E-state index contributed by atoms with van der Waals surface area (Å²) in [5.74, 6) is 0.857. The molecular formula is C19H21FN2O2. The average Bonchev–Trinajstić information content (AvgIpc) is 3.41. The van der Waals surface area contributed by atoms with Gasteiger partial charge in [-0.25, -0.2) is 9.18 Å². The topological polar surface area (TPSA) is 50.4 Å². The van der Waals surface area contributed by atoms with Gasteiger partial charge in [0.25, 0.3) is 0 Å². The largest absolute Gasteiger partial charge is 0.497 e. The van der Waals surface area contributed by atoms with Crippen molar-refractivity contribution in [3.05, 3.63) is 59.4 Å². The summed E-state index contributed by atoms with van der Waals surface area (Å²) >= 11 is 0. The van der Waals surface area contributed by atoms with Crippen molar-refractivity contribution in [3.63, 3.8) is 0 Å². The highest BCUT2D eigenvalue weighted by molar-refractivity contribution is 5.90. The Morgan fingerprint density at radius 3 is 2.54 bits per heavy atom. The number of rotatable bonds is 5. The molecule has 126 valence electrons. The number of benzene rings is 2. The van der Waals surface area contributed by atoms with Crippen LogP contribution in [0, 0.1) is 18.7 Å². The van der Waals surface area contributed by atoms with E-state index in [9.17, 15) is 9.18 Å². The molecule has 1 unspecified atom stereocenters. The van der Waals surface area contributed by atoms with E-state index in [2.05, 4.69) is 10.6 Å². The molecule has 0 heterocycles. The summed E-state index contributed by atoms with van der Waals surface area (Å²) in [7, 11) is 1.63. The minimum atomic E-state index is -0.371. The molecule has 2 aromatic rings. The van der Waals surface area contributed by atoms with Crippen LogP contribution in [0.3, 0.4) is 0 Å². The zero-order valence-corrected chi connectivity index (χ0v) is 13.8. The molecule has 2 N–H and O–H groups in total. The fourth-order valence-corrected chi connectivity index (χ4v) is 2.74. The van der Waals surface area contributed by atoms with Gasteiger partial charge >= 0.3 is 6.03 Å². The second-order valence-electron chi connectivity index (χ2n) is 6.15. The van der Waals surface area contributed by atoms with Crippen molar-refractivity contribution in [3.8, 4) is 5.75 Å². The molecule has 1 aliphatic carbocycles. The predicted octanol–water partition coefficient (Wildman–Crippen LogP) is 4.42. The van der Waals surface area contributed by atoms with E-state index in [1.807, 2.05) is 31.2 Å². The summed E-state index contributed by atoms with van der Waals surface area (Å²) in [6.07, 6.45) is 2.19. The molecule has 3 rings (SSSR count). The van der Waals surface area contributed by atoms with Gasteiger partial charge in [-0.1, -0.05) is 18.2 Å². The smallest absolute Gasteiger partial charge is 0.319 e. The lowest BCUT2D eigenvalue weighted by molar-refractivity contribution is 0.247. The van der Waals surface area contributed by atoms with Crippen molar-refractivity contribution in [1.29, 1.82) is 0 Å². The van der Waals surface area contributed by atoms with Crippen molar-refractivity contribution >= 4 is 11.7 Å². The number of ether oxygens (including phenoxy) is 1. The second-order valence-corrected chi connectivity index (χ2v) is 6.15. The molecule has 4 nitrogen and oxygen atoms in total. The number of amides is 2. The van der Waals surface area contributed by atoms with Gasteiger partial charge < -0.3 is 15.4 Å². The van der Waals surface area contributed by atoms with Crippen LogP contribution in [0.1, 0.15) is 30.0 Å². The van der Waals surface area contributed by atoms with E-state index in [1.54, 1.807) is 13.2 Å². The summed E-state index contributed by atoms with van der Waals surface area (Å²) in [4.78, 5) is 12.3. The summed E-state index contributed by atoms with van der Waals surface area (Å²) in [6, 6.07) is 11.7. The number of anilines is 1. The average molecular weight is 328 g/mol. The third-order valence-electron chi connectivity index (χ3n) is 4.30. The molecule has 2 aromatic carbocycles. The lowest BCUT2D eigenvalue weighted by atomic mass is 10.0. The highest BCUT2D eigenvalue weighted by Crippen LogP contribution is 2.41. The highest BCUT2D eigenvalue weighted by atomic mass is 19.1. The molecule has 5 heteroatoms. The van der Waals surface area contributed by atoms with Gasteiger partial charge in [-0.05, 0) is 61.1 Å². The van der Waals surface area contributed by atoms with Crippen molar-refractivity contribution in [2.45, 2.75) is 25.8 Å². The van der Waals surface area contributed by atoms with Gasteiger partial charge in [0.05, 0.1) is 13.2 Å². The number of aryl methyl sites for hydroxylation is 1. The molecule has 1 atom stereocenters. The zero-order chi connectivity index (χ0) is 17.1. The number of hydrogen-bond acceptors (Lipinski definition) is 2. The lowest BCUT2D eigenvalue weighted by Gasteiger charge is -2.20. The SMILES string of the molecule is COc1ccc(C(NC(=O)Nc2cc(F)ccc2C)C2CC2)cc1. The van der Waals surface area contributed by atoms with E-state index >= 15 is 0 Å². The Bertz CT molecular complexity index is 727. The minimum absolute atomic E-state index is 0.0511. The summed E-state index contributed by atoms with van der Waals surface area (Å²) in [5, 5.41) is 5.76. The van der Waals surface area contributed by atoms with Crippen LogP contribution >= 0.6 is 0 Å². The molecule has 0 spiro atoms. The fourth-order valence-electron chi connectivity index (χ4n) is 2.74. The Morgan fingerprint density at radius 1 is 1.21 bits per heavy atom. The number of carbonyl (C=O) groups excluding carboxylic acids is 1. The standard InChI is InChI=1S/C19H21FN2O2/c1-12-3-8-15(20)11-17(12)21-19(23)22-18(13-4-5-13)14-6-9-16(24-2)10-7-14/h3,6-11,13,18H,4-5H2,1-2H3,(H2,21,22,23). The highest BCUT2D eigenvalue weighted by Gasteiger charge is 2.33. The van der Waals surface area contributed by atoms with E-state index in [4.69, 9.17) is 4.74 Å². The first kappa shape index (κ1) is 16.3. The Hall–Kier alpha value is -2.56. The maximum Gasteiger partial charge on any atom is 0.319 e. The Labute approximate surface area is 141 Å². The molecule has 0 aromatic heterocycles. The van der Waals surface area contributed by atoms with Crippen LogP contribution in [0.25, 0.3) is 0 Å². The molecule has 0 aliphatic heterocycles. The number of urea groups is 1. The summed E-state index contributed by atoms with van der Waals surface area (Å²) in [5.41, 5.74) is 2.35. The second kappa shape index (κ2) is 6.91. The minimum Gasteiger partial charge on any atom is -0.497 e. The summed E-state index contributed by atoms with van der Waals surface area (Å²) < 4.78 is 18.5. The molecule has 0 radical (unpaired) electrons. The number of hydrogen-bond donors (Lipinski definition) is 2. The first-order valence-electron chi connectivity index (χ1n) is 8.04.